The van der Waals surface area contributed by atoms with Crippen molar-refractivity contribution in [2.24, 2.45) is 0 Å². The maximum Gasteiger partial charge on any atom is 0.241 e. The van der Waals surface area contributed by atoms with Gasteiger partial charge < -0.3 is 5.32 Å². The number of carbonyl (C=O) groups excluding carboxylic acids is 1. The predicted molar refractivity (Wildman–Crippen MR) is 68.8 cm³/mol. The molecular formula is C12H15N3OS. The van der Waals surface area contributed by atoms with Crippen LogP contribution in [0.25, 0.3) is 10.6 Å². The van der Waals surface area contributed by atoms with E-state index in [9.17, 15) is 4.79 Å². The second kappa shape index (κ2) is 5.14. The Kier molecular flexibility index (Phi) is 3.58. The van der Waals surface area contributed by atoms with Crippen LogP contribution in [-0.4, -0.2) is 21.7 Å². The molecule has 4 nitrogen and oxygen atoms in total. The number of hydrogen-bond acceptors (Lipinski definition) is 3. The molecule has 1 N–H and O–H groups in total. The van der Waals surface area contributed by atoms with Gasteiger partial charge in [-0.2, -0.15) is 5.10 Å². The maximum atomic E-state index is 11.5. The molecular weight excluding hydrogens is 234 g/mol. The number of carbonyl (C=O) groups is 1. The van der Waals surface area contributed by atoms with Crippen molar-refractivity contribution < 1.29 is 4.79 Å². The fourth-order valence-electron chi connectivity index (χ4n) is 1.52. The molecule has 0 saturated carbocycles. The normalized spacial score (nSPS) is 10.8. The summed E-state index contributed by atoms with van der Waals surface area (Å²) in [6, 6.07) is 6.10. The van der Waals surface area contributed by atoms with Gasteiger partial charge in [0.15, 0.2) is 0 Å². The Morgan fingerprint density at radius 3 is 3.00 bits per heavy atom. The number of amides is 1. The number of nitrogens with one attached hydrogen (secondary N) is 1. The van der Waals surface area contributed by atoms with Gasteiger partial charge in [0.2, 0.25) is 5.91 Å². The quantitative estimate of drug-likeness (QED) is 0.902. The van der Waals surface area contributed by atoms with Crippen LogP contribution < -0.4 is 5.32 Å². The van der Waals surface area contributed by atoms with Crippen molar-refractivity contribution in [1.29, 1.82) is 0 Å². The first-order valence-corrected chi connectivity index (χ1v) is 6.40. The summed E-state index contributed by atoms with van der Waals surface area (Å²) < 4.78 is 1.66. The molecule has 5 heteroatoms. The van der Waals surface area contributed by atoms with E-state index in [1.54, 1.807) is 16.0 Å². The minimum Gasteiger partial charge on any atom is -0.352 e. The molecule has 0 aliphatic carbocycles. The Balaban J connectivity index is 2.02. The predicted octanol–water partition coefficient (Wildman–Crippen LogP) is 2.14. The largest absolute Gasteiger partial charge is 0.352 e. The molecule has 2 aromatic heterocycles. The van der Waals surface area contributed by atoms with Crippen LogP contribution in [0.1, 0.15) is 13.8 Å². The zero-order chi connectivity index (χ0) is 12.3. The number of thiophene rings is 1. The molecule has 2 aromatic rings. The molecule has 17 heavy (non-hydrogen) atoms. The van der Waals surface area contributed by atoms with Crippen molar-refractivity contribution in [2.75, 3.05) is 0 Å². The van der Waals surface area contributed by atoms with E-state index in [1.165, 1.54) is 0 Å². The highest BCUT2D eigenvalue weighted by atomic mass is 32.1. The maximum absolute atomic E-state index is 11.5. The molecule has 0 aromatic carbocycles. The van der Waals surface area contributed by atoms with Crippen LogP contribution in [0, 0.1) is 0 Å². The molecule has 2 heterocycles. The third-order valence-corrected chi connectivity index (χ3v) is 3.06. The Labute approximate surface area is 104 Å². The number of aromatic nitrogens is 2. The lowest BCUT2D eigenvalue weighted by molar-refractivity contribution is -0.122. The second-order valence-electron chi connectivity index (χ2n) is 4.10. The van der Waals surface area contributed by atoms with E-state index >= 15 is 0 Å². The summed E-state index contributed by atoms with van der Waals surface area (Å²) in [5.41, 5.74) is 0.914. The molecule has 0 saturated heterocycles. The third kappa shape index (κ3) is 3.17. The Morgan fingerprint density at radius 1 is 1.53 bits per heavy atom. The van der Waals surface area contributed by atoms with Crippen molar-refractivity contribution in [2.45, 2.75) is 26.4 Å². The summed E-state index contributed by atoms with van der Waals surface area (Å²) in [5.74, 6) is -0.0131. The van der Waals surface area contributed by atoms with Gasteiger partial charge >= 0.3 is 0 Å². The fourth-order valence-corrected chi connectivity index (χ4v) is 2.21. The van der Waals surface area contributed by atoms with E-state index in [0.29, 0.717) is 0 Å². The second-order valence-corrected chi connectivity index (χ2v) is 5.05. The van der Waals surface area contributed by atoms with Crippen LogP contribution in [-0.2, 0) is 11.3 Å². The standard InChI is InChI=1S/C12H15N3OS/c1-9(2)13-12(16)8-15-6-5-10(14-15)11-4-3-7-17-11/h3-7,9H,8H2,1-2H3,(H,13,16). The minimum absolute atomic E-state index is 0.0131. The van der Waals surface area contributed by atoms with Gasteiger partial charge in [0, 0.05) is 12.2 Å². The van der Waals surface area contributed by atoms with Crippen molar-refractivity contribution in [3.8, 4) is 10.6 Å². The lowest BCUT2D eigenvalue weighted by Gasteiger charge is -2.07. The van der Waals surface area contributed by atoms with Gasteiger partial charge in [-0.25, -0.2) is 0 Å². The van der Waals surface area contributed by atoms with E-state index < -0.39 is 0 Å². The lowest BCUT2D eigenvalue weighted by atomic mass is 10.3. The average molecular weight is 249 g/mol. The topological polar surface area (TPSA) is 46.9 Å². The highest BCUT2D eigenvalue weighted by molar-refractivity contribution is 7.13. The van der Waals surface area contributed by atoms with Crippen molar-refractivity contribution >= 4 is 17.2 Å². The first-order chi connectivity index (χ1) is 8.15. The van der Waals surface area contributed by atoms with Crippen molar-refractivity contribution in [1.82, 2.24) is 15.1 Å². The summed E-state index contributed by atoms with van der Waals surface area (Å²) >= 11 is 1.64. The van der Waals surface area contributed by atoms with Gasteiger partial charge in [-0.3, -0.25) is 9.48 Å². The monoisotopic (exact) mass is 249 g/mol. The zero-order valence-electron chi connectivity index (χ0n) is 9.88. The first kappa shape index (κ1) is 11.9. The van der Waals surface area contributed by atoms with Crippen molar-refractivity contribution in [3.05, 3.63) is 29.8 Å². The van der Waals surface area contributed by atoms with Crippen LogP contribution in [0.4, 0.5) is 0 Å². The molecule has 0 aliphatic rings. The van der Waals surface area contributed by atoms with Gasteiger partial charge in [-0.15, -0.1) is 11.3 Å². The van der Waals surface area contributed by atoms with Gasteiger partial charge in [-0.1, -0.05) is 6.07 Å². The van der Waals surface area contributed by atoms with Crippen molar-refractivity contribution in [3.63, 3.8) is 0 Å². The summed E-state index contributed by atoms with van der Waals surface area (Å²) in [7, 11) is 0. The summed E-state index contributed by atoms with van der Waals surface area (Å²) in [6.45, 7) is 4.15. The highest BCUT2D eigenvalue weighted by Crippen LogP contribution is 2.22. The number of hydrogen-bond donors (Lipinski definition) is 1. The fraction of sp³-hybridized carbons (Fsp3) is 0.333. The van der Waals surface area contributed by atoms with Gasteiger partial charge in [0.1, 0.15) is 12.2 Å². The Hall–Kier alpha value is -1.62. The van der Waals surface area contributed by atoms with E-state index in [2.05, 4.69) is 10.4 Å². The van der Waals surface area contributed by atoms with Crippen LogP contribution >= 0.6 is 11.3 Å². The van der Waals surface area contributed by atoms with E-state index in [4.69, 9.17) is 0 Å². The molecule has 0 fully saturated rings. The van der Waals surface area contributed by atoms with E-state index in [1.807, 2.05) is 43.6 Å². The van der Waals surface area contributed by atoms with Crippen LogP contribution in [0.2, 0.25) is 0 Å². The van der Waals surface area contributed by atoms with E-state index in [0.717, 1.165) is 10.6 Å². The van der Waals surface area contributed by atoms with Gasteiger partial charge in [-0.05, 0) is 31.4 Å². The summed E-state index contributed by atoms with van der Waals surface area (Å²) in [6.07, 6.45) is 1.83. The lowest BCUT2D eigenvalue weighted by Crippen LogP contribution is -2.33. The smallest absolute Gasteiger partial charge is 0.241 e. The molecule has 0 spiro atoms. The summed E-state index contributed by atoms with van der Waals surface area (Å²) in [4.78, 5) is 12.7. The van der Waals surface area contributed by atoms with Crippen LogP contribution in [0.5, 0.6) is 0 Å². The number of rotatable bonds is 4. The molecule has 1 amide bonds. The molecule has 90 valence electrons. The Bertz CT molecular complexity index is 488. The third-order valence-electron chi connectivity index (χ3n) is 2.17. The molecule has 0 radical (unpaired) electrons. The summed E-state index contributed by atoms with van der Waals surface area (Å²) in [5, 5.41) is 9.22. The van der Waals surface area contributed by atoms with Gasteiger partial charge in [0.05, 0.1) is 4.88 Å². The highest BCUT2D eigenvalue weighted by Gasteiger charge is 2.07. The van der Waals surface area contributed by atoms with Gasteiger partial charge in [0.25, 0.3) is 0 Å². The van der Waals surface area contributed by atoms with Crippen LogP contribution in [0.15, 0.2) is 29.8 Å². The minimum atomic E-state index is -0.0131. The van der Waals surface area contributed by atoms with Crippen LogP contribution in [0.3, 0.4) is 0 Å². The average Bonchev–Trinajstić information content (AvgIpc) is 2.84. The SMILES string of the molecule is CC(C)NC(=O)Cn1ccc(-c2cccs2)n1. The molecule has 0 atom stereocenters. The zero-order valence-corrected chi connectivity index (χ0v) is 10.7. The molecule has 2 rings (SSSR count). The van der Waals surface area contributed by atoms with E-state index in [-0.39, 0.29) is 18.5 Å². The molecule has 0 bridgehead atoms. The molecule has 0 aliphatic heterocycles. The number of nitrogens with zero attached hydrogens (tertiary/aromatic N) is 2. The first-order valence-electron chi connectivity index (χ1n) is 5.52. The molecule has 0 unspecified atom stereocenters. The Morgan fingerprint density at radius 2 is 2.35 bits per heavy atom.